The molecule has 2 heterocycles. The van der Waals surface area contributed by atoms with Gasteiger partial charge in [-0.2, -0.15) is 0 Å². The number of piperazine rings is 1. The third-order valence-electron chi connectivity index (χ3n) is 6.30. The molecule has 4 rings (SSSR count). The largest absolute Gasteiger partial charge is 0.371 e. The van der Waals surface area contributed by atoms with Crippen LogP contribution in [0.3, 0.4) is 0 Å². The third kappa shape index (κ3) is 4.44. The SMILES string of the molecule is CN(C)S(=O)(=O)c1ccc(N2CCCC2)c(C(=O)N2CCN(CC3CC3)CC2)c1. The lowest BCUT2D eigenvalue weighted by molar-refractivity contribution is 0.0632. The number of rotatable bonds is 6. The van der Waals surface area contributed by atoms with Crippen molar-refractivity contribution in [2.75, 3.05) is 64.8 Å². The first-order valence-corrected chi connectivity index (χ1v) is 12.1. The molecule has 29 heavy (non-hydrogen) atoms. The molecule has 1 saturated carbocycles. The van der Waals surface area contributed by atoms with Gasteiger partial charge in [0.1, 0.15) is 0 Å². The summed E-state index contributed by atoms with van der Waals surface area (Å²) < 4.78 is 26.5. The van der Waals surface area contributed by atoms with Gasteiger partial charge in [-0.15, -0.1) is 0 Å². The van der Waals surface area contributed by atoms with Crippen LogP contribution in [0, 0.1) is 5.92 Å². The second-order valence-electron chi connectivity index (χ2n) is 8.70. The Kier molecular flexibility index (Phi) is 5.86. The van der Waals surface area contributed by atoms with Gasteiger partial charge in [-0.1, -0.05) is 0 Å². The Labute approximate surface area is 174 Å². The molecule has 0 radical (unpaired) electrons. The van der Waals surface area contributed by atoms with E-state index in [4.69, 9.17) is 0 Å². The number of hydrogen-bond donors (Lipinski definition) is 0. The normalized spacial score (nSPS) is 21.2. The lowest BCUT2D eigenvalue weighted by atomic mass is 10.1. The van der Waals surface area contributed by atoms with Crippen molar-refractivity contribution in [1.29, 1.82) is 0 Å². The van der Waals surface area contributed by atoms with Crippen molar-refractivity contribution in [1.82, 2.24) is 14.1 Å². The highest BCUT2D eigenvalue weighted by atomic mass is 32.2. The molecule has 0 bridgehead atoms. The lowest BCUT2D eigenvalue weighted by Gasteiger charge is -2.35. The quantitative estimate of drug-likeness (QED) is 0.701. The zero-order chi connectivity index (χ0) is 20.6. The Morgan fingerprint density at radius 2 is 1.69 bits per heavy atom. The first-order chi connectivity index (χ1) is 13.9. The van der Waals surface area contributed by atoms with Crippen molar-refractivity contribution in [3.8, 4) is 0 Å². The summed E-state index contributed by atoms with van der Waals surface area (Å²) in [5, 5.41) is 0. The van der Waals surface area contributed by atoms with Gasteiger partial charge in [-0.05, 0) is 49.8 Å². The number of nitrogens with zero attached hydrogens (tertiary/aromatic N) is 4. The van der Waals surface area contributed by atoms with E-state index in [9.17, 15) is 13.2 Å². The summed E-state index contributed by atoms with van der Waals surface area (Å²) in [4.78, 5) is 20.2. The van der Waals surface area contributed by atoms with Crippen LogP contribution in [0.5, 0.6) is 0 Å². The van der Waals surface area contributed by atoms with Crippen LogP contribution in [0.1, 0.15) is 36.0 Å². The summed E-state index contributed by atoms with van der Waals surface area (Å²) in [5.74, 6) is 0.806. The highest BCUT2D eigenvalue weighted by Gasteiger charge is 2.30. The van der Waals surface area contributed by atoms with E-state index in [1.54, 1.807) is 12.1 Å². The molecule has 0 atom stereocenters. The molecule has 2 saturated heterocycles. The van der Waals surface area contributed by atoms with Gasteiger partial charge in [0, 0.05) is 65.6 Å². The van der Waals surface area contributed by atoms with Crippen molar-refractivity contribution in [3.05, 3.63) is 23.8 Å². The van der Waals surface area contributed by atoms with Gasteiger partial charge in [0.25, 0.3) is 5.91 Å². The smallest absolute Gasteiger partial charge is 0.256 e. The maximum atomic E-state index is 13.4. The Morgan fingerprint density at radius 3 is 2.28 bits per heavy atom. The number of anilines is 1. The van der Waals surface area contributed by atoms with Gasteiger partial charge in [0.15, 0.2) is 0 Å². The maximum absolute atomic E-state index is 13.4. The highest BCUT2D eigenvalue weighted by Crippen LogP contribution is 2.31. The molecule has 3 fully saturated rings. The van der Waals surface area contributed by atoms with E-state index < -0.39 is 10.0 Å². The number of carbonyl (C=O) groups excluding carboxylic acids is 1. The van der Waals surface area contributed by atoms with Gasteiger partial charge in [-0.25, -0.2) is 12.7 Å². The predicted octanol–water partition coefficient (Wildman–Crippen LogP) is 1.70. The van der Waals surface area contributed by atoms with Gasteiger partial charge in [0.05, 0.1) is 10.5 Å². The second-order valence-corrected chi connectivity index (χ2v) is 10.8. The van der Waals surface area contributed by atoms with Crippen molar-refractivity contribution in [2.45, 2.75) is 30.6 Å². The molecule has 3 aliphatic rings. The molecule has 1 aromatic carbocycles. The molecule has 2 aliphatic heterocycles. The van der Waals surface area contributed by atoms with Crippen molar-refractivity contribution < 1.29 is 13.2 Å². The highest BCUT2D eigenvalue weighted by molar-refractivity contribution is 7.89. The van der Waals surface area contributed by atoms with E-state index in [0.29, 0.717) is 18.7 Å². The fraction of sp³-hybridized carbons (Fsp3) is 0.667. The molecule has 0 N–H and O–H groups in total. The summed E-state index contributed by atoms with van der Waals surface area (Å²) in [7, 11) is -0.547. The number of carbonyl (C=O) groups is 1. The molecule has 0 aromatic heterocycles. The zero-order valence-corrected chi connectivity index (χ0v) is 18.3. The number of sulfonamides is 1. The summed E-state index contributed by atoms with van der Waals surface area (Å²) in [6.45, 7) is 6.18. The van der Waals surface area contributed by atoms with Crippen LogP contribution in [0.2, 0.25) is 0 Å². The molecule has 7 nitrogen and oxygen atoms in total. The van der Waals surface area contributed by atoms with Crippen molar-refractivity contribution >= 4 is 21.6 Å². The van der Waals surface area contributed by atoms with Gasteiger partial charge in [-0.3, -0.25) is 9.69 Å². The van der Waals surface area contributed by atoms with Crippen LogP contribution >= 0.6 is 0 Å². The molecule has 1 aromatic rings. The molecule has 1 aliphatic carbocycles. The minimum absolute atomic E-state index is 0.0474. The average molecular weight is 421 g/mol. The monoisotopic (exact) mass is 420 g/mol. The first-order valence-electron chi connectivity index (χ1n) is 10.7. The summed E-state index contributed by atoms with van der Waals surface area (Å²) >= 11 is 0. The summed E-state index contributed by atoms with van der Waals surface area (Å²) in [5.41, 5.74) is 1.39. The molecular formula is C21H32N4O3S. The first kappa shape index (κ1) is 20.6. The van der Waals surface area contributed by atoms with Gasteiger partial charge < -0.3 is 9.80 Å². The van der Waals surface area contributed by atoms with E-state index in [2.05, 4.69) is 9.80 Å². The van der Waals surface area contributed by atoms with Crippen LogP contribution in [-0.4, -0.2) is 88.3 Å². The fourth-order valence-corrected chi connectivity index (χ4v) is 5.19. The van der Waals surface area contributed by atoms with Gasteiger partial charge >= 0.3 is 0 Å². The zero-order valence-electron chi connectivity index (χ0n) is 17.5. The minimum atomic E-state index is -3.58. The summed E-state index contributed by atoms with van der Waals surface area (Å²) in [6, 6.07) is 5.04. The molecular weight excluding hydrogens is 388 g/mol. The Bertz CT molecular complexity index is 853. The van der Waals surface area contributed by atoms with Crippen molar-refractivity contribution in [2.24, 2.45) is 5.92 Å². The molecule has 1 amide bonds. The van der Waals surface area contributed by atoms with Crippen LogP contribution in [0.4, 0.5) is 5.69 Å². The van der Waals surface area contributed by atoms with Crippen LogP contribution in [-0.2, 0) is 10.0 Å². The van der Waals surface area contributed by atoms with E-state index in [0.717, 1.165) is 57.2 Å². The molecule has 0 unspecified atom stereocenters. The Morgan fingerprint density at radius 1 is 1.03 bits per heavy atom. The summed E-state index contributed by atoms with van der Waals surface area (Å²) in [6.07, 6.45) is 4.88. The Balaban J connectivity index is 1.58. The number of amides is 1. The van der Waals surface area contributed by atoms with Gasteiger partial charge in [0.2, 0.25) is 10.0 Å². The maximum Gasteiger partial charge on any atom is 0.256 e. The lowest BCUT2D eigenvalue weighted by Crippen LogP contribution is -2.49. The standard InChI is InChI=1S/C21H32N4O3S/c1-22(2)29(27,28)18-7-8-20(24-9-3-4-10-24)19(15-18)21(26)25-13-11-23(12-14-25)16-17-5-6-17/h7-8,15,17H,3-6,9-14,16H2,1-2H3. The number of hydrogen-bond acceptors (Lipinski definition) is 5. The number of benzene rings is 1. The van der Waals surface area contributed by atoms with E-state index >= 15 is 0 Å². The molecule has 160 valence electrons. The average Bonchev–Trinajstić information content (AvgIpc) is 3.36. The van der Waals surface area contributed by atoms with E-state index in [-0.39, 0.29) is 10.8 Å². The Hall–Kier alpha value is -1.64. The molecule has 0 spiro atoms. The predicted molar refractivity (Wildman–Crippen MR) is 114 cm³/mol. The fourth-order valence-electron chi connectivity index (χ4n) is 4.26. The van der Waals surface area contributed by atoms with Crippen molar-refractivity contribution in [3.63, 3.8) is 0 Å². The van der Waals surface area contributed by atoms with Crippen LogP contribution in [0.25, 0.3) is 0 Å². The molecule has 8 heteroatoms. The van der Waals surface area contributed by atoms with Crippen LogP contribution < -0.4 is 4.90 Å². The third-order valence-corrected chi connectivity index (χ3v) is 8.11. The topological polar surface area (TPSA) is 64.2 Å². The minimum Gasteiger partial charge on any atom is -0.371 e. The van der Waals surface area contributed by atoms with Crippen LogP contribution in [0.15, 0.2) is 23.1 Å². The van der Waals surface area contributed by atoms with E-state index in [1.165, 1.54) is 31.2 Å². The second kappa shape index (κ2) is 8.24. The van der Waals surface area contributed by atoms with E-state index in [1.807, 2.05) is 11.0 Å².